The molecule has 2 aromatic rings. The highest BCUT2D eigenvalue weighted by Gasteiger charge is 2.26. The summed E-state index contributed by atoms with van der Waals surface area (Å²) in [5.74, 6) is 0.304. The number of aryl methyl sites for hydroxylation is 1. The largest absolute Gasteiger partial charge is 0.495 e. The lowest BCUT2D eigenvalue weighted by Crippen LogP contribution is -2.43. The van der Waals surface area contributed by atoms with Crippen LogP contribution in [0.15, 0.2) is 42.5 Å². The first-order chi connectivity index (χ1) is 13.5. The van der Waals surface area contributed by atoms with Crippen molar-refractivity contribution in [3.8, 4) is 5.75 Å². The van der Waals surface area contributed by atoms with Crippen molar-refractivity contribution in [3.05, 3.63) is 58.6 Å². The van der Waals surface area contributed by atoms with E-state index in [1.807, 2.05) is 31.2 Å². The van der Waals surface area contributed by atoms with Crippen molar-refractivity contribution in [2.24, 2.45) is 0 Å². The number of anilines is 1. The van der Waals surface area contributed by atoms with Gasteiger partial charge in [-0.2, -0.15) is 0 Å². The van der Waals surface area contributed by atoms with Crippen molar-refractivity contribution in [2.75, 3.05) is 31.6 Å². The summed E-state index contributed by atoms with van der Waals surface area (Å²) in [6.45, 7) is 3.27. The number of nitrogens with one attached hydrogen (secondary N) is 2. The Bertz CT molecular complexity index is 872. The van der Waals surface area contributed by atoms with E-state index < -0.39 is 0 Å². The van der Waals surface area contributed by atoms with Crippen LogP contribution in [0.3, 0.4) is 0 Å². The highest BCUT2D eigenvalue weighted by molar-refractivity contribution is 6.30. The number of nitrogens with zero attached hydrogens (tertiary/aromatic N) is 1. The van der Waals surface area contributed by atoms with Gasteiger partial charge < -0.3 is 20.3 Å². The molecule has 1 atom stereocenters. The zero-order valence-corrected chi connectivity index (χ0v) is 16.8. The summed E-state index contributed by atoms with van der Waals surface area (Å²) in [5.41, 5.74) is 2.37. The molecule has 1 heterocycles. The van der Waals surface area contributed by atoms with Crippen molar-refractivity contribution in [3.63, 3.8) is 0 Å². The summed E-state index contributed by atoms with van der Waals surface area (Å²) < 4.78 is 5.41. The van der Waals surface area contributed by atoms with Gasteiger partial charge in [-0.15, -0.1) is 0 Å². The van der Waals surface area contributed by atoms with Crippen LogP contribution in [0.1, 0.15) is 22.3 Å². The molecule has 2 amide bonds. The van der Waals surface area contributed by atoms with Crippen molar-refractivity contribution in [2.45, 2.75) is 19.4 Å². The molecular weight excluding hydrogens is 378 g/mol. The summed E-state index contributed by atoms with van der Waals surface area (Å²) >= 11 is 6.11. The number of ether oxygens (including phenoxy) is 1. The molecule has 148 valence electrons. The standard InChI is InChI=1S/C21H24ClN3O3/c1-14-5-3-4-6-17(14)21(27)23-12-20(26)24-16-9-10-25(13-16)18-11-15(22)7-8-19(18)28-2/h3-8,11,16H,9-10,12-13H2,1-2H3,(H,23,27)(H,24,26). The maximum atomic E-state index is 12.2. The monoisotopic (exact) mass is 401 g/mol. The van der Waals surface area contributed by atoms with Gasteiger partial charge in [-0.25, -0.2) is 0 Å². The van der Waals surface area contributed by atoms with Gasteiger partial charge in [0.05, 0.1) is 19.3 Å². The smallest absolute Gasteiger partial charge is 0.251 e. The van der Waals surface area contributed by atoms with Gasteiger partial charge in [0.1, 0.15) is 5.75 Å². The normalized spacial score (nSPS) is 16.0. The van der Waals surface area contributed by atoms with Crippen LogP contribution in [-0.4, -0.2) is 44.6 Å². The number of halogens is 1. The fraction of sp³-hybridized carbons (Fsp3) is 0.333. The molecular formula is C21H24ClN3O3. The SMILES string of the molecule is COc1ccc(Cl)cc1N1CCC(NC(=O)CNC(=O)c2ccccc2C)C1. The molecule has 1 fully saturated rings. The quantitative estimate of drug-likeness (QED) is 0.780. The zero-order valence-electron chi connectivity index (χ0n) is 16.0. The van der Waals surface area contributed by atoms with Gasteiger partial charge in [0, 0.05) is 29.7 Å². The van der Waals surface area contributed by atoms with E-state index in [0.717, 1.165) is 30.0 Å². The van der Waals surface area contributed by atoms with Gasteiger partial charge in [0.15, 0.2) is 0 Å². The summed E-state index contributed by atoms with van der Waals surface area (Å²) in [5, 5.41) is 6.30. The molecule has 3 rings (SSSR count). The molecule has 1 saturated heterocycles. The Morgan fingerprint density at radius 1 is 1.25 bits per heavy atom. The third-order valence-electron chi connectivity index (χ3n) is 4.83. The van der Waals surface area contributed by atoms with Gasteiger partial charge >= 0.3 is 0 Å². The van der Waals surface area contributed by atoms with E-state index in [-0.39, 0.29) is 24.4 Å². The van der Waals surface area contributed by atoms with Crippen LogP contribution < -0.4 is 20.3 Å². The second-order valence-corrected chi connectivity index (χ2v) is 7.25. The van der Waals surface area contributed by atoms with Crippen LogP contribution in [0.4, 0.5) is 5.69 Å². The average Bonchev–Trinajstić information content (AvgIpc) is 3.14. The Kier molecular flexibility index (Phi) is 6.41. The number of rotatable bonds is 6. The van der Waals surface area contributed by atoms with Crippen LogP contribution in [-0.2, 0) is 4.79 Å². The third-order valence-corrected chi connectivity index (χ3v) is 5.07. The van der Waals surface area contributed by atoms with E-state index in [4.69, 9.17) is 16.3 Å². The van der Waals surface area contributed by atoms with E-state index in [1.165, 1.54) is 0 Å². The van der Waals surface area contributed by atoms with Gasteiger partial charge in [0.25, 0.3) is 5.91 Å². The molecule has 1 aliphatic heterocycles. The Labute approximate surface area is 169 Å². The molecule has 6 nitrogen and oxygen atoms in total. The number of amides is 2. The summed E-state index contributed by atoms with van der Waals surface area (Å²) in [4.78, 5) is 26.6. The molecule has 2 N–H and O–H groups in total. The van der Waals surface area contributed by atoms with Gasteiger partial charge in [-0.3, -0.25) is 9.59 Å². The molecule has 0 spiro atoms. The maximum absolute atomic E-state index is 12.2. The van der Waals surface area contributed by atoms with E-state index in [1.54, 1.807) is 25.3 Å². The van der Waals surface area contributed by atoms with Crippen LogP contribution >= 0.6 is 11.6 Å². The highest BCUT2D eigenvalue weighted by atomic mass is 35.5. The first-order valence-corrected chi connectivity index (χ1v) is 9.57. The second-order valence-electron chi connectivity index (χ2n) is 6.81. The Morgan fingerprint density at radius 3 is 2.79 bits per heavy atom. The molecule has 0 saturated carbocycles. The summed E-state index contributed by atoms with van der Waals surface area (Å²) in [6, 6.07) is 12.8. The number of hydrogen-bond acceptors (Lipinski definition) is 4. The van der Waals surface area contributed by atoms with Gasteiger partial charge in [-0.05, 0) is 43.2 Å². The van der Waals surface area contributed by atoms with Crippen molar-refractivity contribution < 1.29 is 14.3 Å². The predicted molar refractivity (Wildman–Crippen MR) is 110 cm³/mol. The average molecular weight is 402 g/mol. The first-order valence-electron chi connectivity index (χ1n) is 9.19. The zero-order chi connectivity index (χ0) is 20.1. The maximum Gasteiger partial charge on any atom is 0.251 e. The number of methoxy groups -OCH3 is 1. The van der Waals surface area contributed by atoms with E-state index >= 15 is 0 Å². The fourth-order valence-corrected chi connectivity index (χ4v) is 3.54. The predicted octanol–water partition coefficient (Wildman–Crippen LogP) is 2.78. The van der Waals surface area contributed by atoms with E-state index in [9.17, 15) is 9.59 Å². The van der Waals surface area contributed by atoms with E-state index in [2.05, 4.69) is 15.5 Å². The van der Waals surface area contributed by atoms with Gasteiger partial charge in [0.2, 0.25) is 5.91 Å². The first kappa shape index (κ1) is 20.0. The number of carbonyl (C=O) groups excluding carboxylic acids is 2. The molecule has 2 aromatic carbocycles. The minimum atomic E-state index is -0.245. The molecule has 1 unspecified atom stereocenters. The minimum Gasteiger partial charge on any atom is -0.495 e. The Hall–Kier alpha value is -2.73. The van der Waals surface area contributed by atoms with Crippen LogP contribution in [0.25, 0.3) is 0 Å². The van der Waals surface area contributed by atoms with Gasteiger partial charge in [-0.1, -0.05) is 29.8 Å². The van der Waals surface area contributed by atoms with Crippen LogP contribution in [0.5, 0.6) is 5.75 Å². The van der Waals surface area contributed by atoms with Crippen LogP contribution in [0.2, 0.25) is 5.02 Å². The van der Waals surface area contributed by atoms with Crippen molar-refractivity contribution >= 4 is 29.1 Å². The van der Waals surface area contributed by atoms with Crippen molar-refractivity contribution in [1.82, 2.24) is 10.6 Å². The second kappa shape index (κ2) is 8.97. The molecule has 7 heteroatoms. The summed E-state index contributed by atoms with van der Waals surface area (Å²) in [7, 11) is 1.62. The molecule has 0 bridgehead atoms. The lowest BCUT2D eigenvalue weighted by atomic mass is 10.1. The van der Waals surface area contributed by atoms with Crippen LogP contribution in [0, 0.1) is 6.92 Å². The van der Waals surface area contributed by atoms with Crippen molar-refractivity contribution in [1.29, 1.82) is 0 Å². The third kappa shape index (κ3) is 4.75. The number of hydrogen-bond donors (Lipinski definition) is 2. The molecule has 28 heavy (non-hydrogen) atoms. The molecule has 1 aliphatic rings. The number of carbonyl (C=O) groups is 2. The van der Waals surface area contributed by atoms with E-state index in [0.29, 0.717) is 17.1 Å². The Morgan fingerprint density at radius 2 is 2.04 bits per heavy atom. The molecule has 0 radical (unpaired) electrons. The lowest BCUT2D eigenvalue weighted by Gasteiger charge is -2.21. The fourth-order valence-electron chi connectivity index (χ4n) is 3.37. The molecule has 0 aromatic heterocycles. The lowest BCUT2D eigenvalue weighted by molar-refractivity contribution is -0.120. The summed E-state index contributed by atoms with van der Waals surface area (Å²) in [6.07, 6.45) is 0.813. The number of benzene rings is 2. The topological polar surface area (TPSA) is 70.7 Å². The molecule has 0 aliphatic carbocycles. The highest BCUT2D eigenvalue weighted by Crippen LogP contribution is 2.33. The Balaban J connectivity index is 1.52. The minimum absolute atomic E-state index is 0.00607.